The molecule has 0 spiro atoms. The van der Waals surface area contributed by atoms with Gasteiger partial charge in [-0.2, -0.15) is 0 Å². The van der Waals surface area contributed by atoms with Gasteiger partial charge in [0.15, 0.2) is 0 Å². The van der Waals surface area contributed by atoms with E-state index in [9.17, 15) is 4.79 Å². The van der Waals surface area contributed by atoms with E-state index in [1.165, 1.54) is 0 Å². The van der Waals surface area contributed by atoms with Crippen molar-refractivity contribution < 1.29 is 9.21 Å². The van der Waals surface area contributed by atoms with Crippen molar-refractivity contribution in [3.05, 3.63) is 24.2 Å². The molecule has 0 aromatic carbocycles. The fraction of sp³-hybridized carbons (Fsp3) is 0.615. The number of furan rings is 1. The molecule has 2 N–H and O–H groups in total. The zero-order valence-corrected chi connectivity index (χ0v) is 11.0. The maximum absolute atomic E-state index is 12.2. The molecule has 1 aliphatic heterocycles. The standard InChI is InChI=1S/C13H21N3O2/c1-10-7-15(2)13(17)12(6-14)16(8-10)9-11-4-3-5-18-11/h3-5,10,12H,6-9,14H2,1-2H3. The van der Waals surface area contributed by atoms with E-state index >= 15 is 0 Å². The molecule has 5 heteroatoms. The van der Waals surface area contributed by atoms with Crippen LogP contribution in [0.4, 0.5) is 0 Å². The van der Waals surface area contributed by atoms with Crippen LogP contribution in [0.25, 0.3) is 0 Å². The first-order valence-corrected chi connectivity index (χ1v) is 6.33. The highest BCUT2D eigenvalue weighted by Crippen LogP contribution is 2.17. The highest BCUT2D eigenvalue weighted by molar-refractivity contribution is 5.82. The fourth-order valence-corrected chi connectivity index (χ4v) is 2.58. The van der Waals surface area contributed by atoms with E-state index in [4.69, 9.17) is 10.2 Å². The fourth-order valence-electron chi connectivity index (χ4n) is 2.58. The van der Waals surface area contributed by atoms with E-state index in [-0.39, 0.29) is 11.9 Å². The van der Waals surface area contributed by atoms with Crippen molar-refractivity contribution in [3.63, 3.8) is 0 Å². The molecule has 1 aliphatic rings. The van der Waals surface area contributed by atoms with Crippen molar-refractivity contribution in [2.45, 2.75) is 19.5 Å². The molecule has 2 rings (SSSR count). The van der Waals surface area contributed by atoms with Crippen LogP contribution in [-0.2, 0) is 11.3 Å². The molecule has 1 saturated heterocycles. The third-order valence-electron chi connectivity index (χ3n) is 3.40. The number of amides is 1. The van der Waals surface area contributed by atoms with Crippen molar-refractivity contribution >= 4 is 5.91 Å². The first kappa shape index (κ1) is 13.1. The Hall–Kier alpha value is -1.33. The summed E-state index contributed by atoms with van der Waals surface area (Å²) >= 11 is 0. The summed E-state index contributed by atoms with van der Waals surface area (Å²) < 4.78 is 5.36. The minimum Gasteiger partial charge on any atom is -0.468 e. The number of carbonyl (C=O) groups is 1. The van der Waals surface area contributed by atoms with Crippen LogP contribution in [-0.4, -0.2) is 48.4 Å². The molecule has 5 nitrogen and oxygen atoms in total. The van der Waals surface area contributed by atoms with Crippen LogP contribution in [0, 0.1) is 5.92 Å². The second-order valence-corrected chi connectivity index (χ2v) is 5.08. The second-order valence-electron chi connectivity index (χ2n) is 5.08. The monoisotopic (exact) mass is 251 g/mol. The molecule has 2 heterocycles. The van der Waals surface area contributed by atoms with Crippen LogP contribution in [0.5, 0.6) is 0 Å². The molecule has 18 heavy (non-hydrogen) atoms. The molecule has 0 bridgehead atoms. The second kappa shape index (κ2) is 5.54. The van der Waals surface area contributed by atoms with Crippen LogP contribution >= 0.6 is 0 Å². The number of likely N-dealkylation sites (N-methyl/N-ethyl adjacent to an activating group) is 1. The molecule has 1 aromatic heterocycles. The predicted octanol–water partition coefficient (Wildman–Crippen LogP) is 0.517. The largest absolute Gasteiger partial charge is 0.468 e. The number of hydrogen-bond donors (Lipinski definition) is 1. The van der Waals surface area contributed by atoms with Crippen LogP contribution in [0.1, 0.15) is 12.7 Å². The molecule has 1 amide bonds. The first-order valence-electron chi connectivity index (χ1n) is 6.33. The van der Waals surface area contributed by atoms with Crippen LogP contribution < -0.4 is 5.73 Å². The van der Waals surface area contributed by atoms with Gasteiger partial charge in [0, 0.05) is 26.7 Å². The third-order valence-corrected chi connectivity index (χ3v) is 3.40. The third kappa shape index (κ3) is 2.73. The van der Waals surface area contributed by atoms with Gasteiger partial charge in [0.05, 0.1) is 12.8 Å². The molecule has 0 radical (unpaired) electrons. The number of nitrogens with two attached hydrogens (primary N) is 1. The van der Waals surface area contributed by atoms with E-state index in [0.29, 0.717) is 19.0 Å². The van der Waals surface area contributed by atoms with Gasteiger partial charge >= 0.3 is 0 Å². The quantitative estimate of drug-likeness (QED) is 0.850. The van der Waals surface area contributed by atoms with E-state index in [0.717, 1.165) is 18.8 Å². The van der Waals surface area contributed by atoms with Crippen molar-refractivity contribution in [1.29, 1.82) is 0 Å². The van der Waals surface area contributed by atoms with Crippen molar-refractivity contribution in [2.75, 3.05) is 26.7 Å². The van der Waals surface area contributed by atoms with Crippen LogP contribution in [0.15, 0.2) is 22.8 Å². The van der Waals surface area contributed by atoms with Gasteiger partial charge in [0.25, 0.3) is 0 Å². The zero-order valence-electron chi connectivity index (χ0n) is 11.0. The predicted molar refractivity (Wildman–Crippen MR) is 68.8 cm³/mol. The van der Waals surface area contributed by atoms with Crippen molar-refractivity contribution in [1.82, 2.24) is 9.80 Å². The Morgan fingerprint density at radius 2 is 2.28 bits per heavy atom. The smallest absolute Gasteiger partial charge is 0.241 e. The SMILES string of the molecule is CC1CN(C)C(=O)C(CN)N(Cc2ccco2)C1. The molecule has 0 aliphatic carbocycles. The minimum atomic E-state index is -0.245. The van der Waals surface area contributed by atoms with Gasteiger partial charge in [-0.3, -0.25) is 9.69 Å². The Morgan fingerprint density at radius 3 is 2.89 bits per heavy atom. The number of rotatable bonds is 3. The molecule has 1 fully saturated rings. The summed E-state index contributed by atoms with van der Waals surface area (Å²) in [5.74, 6) is 1.41. The van der Waals surface area contributed by atoms with E-state index < -0.39 is 0 Å². The van der Waals surface area contributed by atoms with Crippen LogP contribution in [0.2, 0.25) is 0 Å². The average Bonchev–Trinajstić information content (AvgIpc) is 2.78. The number of hydrogen-bond acceptors (Lipinski definition) is 4. The molecular formula is C13H21N3O2. The summed E-state index contributed by atoms with van der Waals surface area (Å²) in [7, 11) is 1.85. The highest BCUT2D eigenvalue weighted by Gasteiger charge is 2.32. The summed E-state index contributed by atoms with van der Waals surface area (Å²) in [6, 6.07) is 3.55. The van der Waals surface area contributed by atoms with Gasteiger partial charge in [-0.1, -0.05) is 6.92 Å². The summed E-state index contributed by atoms with van der Waals surface area (Å²) in [6.07, 6.45) is 1.65. The van der Waals surface area contributed by atoms with E-state index in [1.54, 1.807) is 11.2 Å². The summed E-state index contributed by atoms with van der Waals surface area (Å²) in [4.78, 5) is 16.1. The molecule has 2 atom stereocenters. The van der Waals surface area contributed by atoms with Crippen molar-refractivity contribution in [2.24, 2.45) is 11.7 Å². The molecule has 0 saturated carbocycles. The van der Waals surface area contributed by atoms with Gasteiger partial charge in [0.2, 0.25) is 5.91 Å². The van der Waals surface area contributed by atoms with E-state index in [1.807, 2.05) is 19.2 Å². The Labute approximate surface area is 108 Å². The maximum atomic E-state index is 12.2. The molecule has 100 valence electrons. The van der Waals surface area contributed by atoms with Crippen LogP contribution in [0.3, 0.4) is 0 Å². The maximum Gasteiger partial charge on any atom is 0.241 e. The first-order chi connectivity index (χ1) is 8.61. The van der Waals surface area contributed by atoms with Gasteiger partial charge in [0.1, 0.15) is 11.8 Å². The Bertz CT molecular complexity index is 391. The number of nitrogens with zero attached hydrogens (tertiary/aromatic N) is 2. The lowest BCUT2D eigenvalue weighted by atomic mass is 10.1. The summed E-state index contributed by atoms with van der Waals surface area (Å²) in [5, 5.41) is 0. The minimum absolute atomic E-state index is 0.105. The molecular weight excluding hydrogens is 230 g/mol. The topological polar surface area (TPSA) is 62.7 Å². The van der Waals surface area contributed by atoms with E-state index in [2.05, 4.69) is 11.8 Å². The molecule has 2 unspecified atom stereocenters. The van der Waals surface area contributed by atoms with Gasteiger partial charge in [-0.25, -0.2) is 0 Å². The van der Waals surface area contributed by atoms with Crippen molar-refractivity contribution in [3.8, 4) is 0 Å². The normalized spacial score (nSPS) is 26.4. The highest BCUT2D eigenvalue weighted by atomic mass is 16.3. The lowest BCUT2D eigenvalue weighted by Gasteiger charge is -2.28. The Kier molecular flexibility index (Phi) is 4.04. The Morgan fingerprint density at radius 1 is 1.50 bits per heavy atom. The van der Waals surface area contributed by atoms with Gasteiger partial charge in [-0.05, 0) is 18.1 Å². The lowest BCUT2D eigenvalue weighted by molar-refractivity contribution is -0.134. The lowest BCUT2D eigenvalue weighted by Crippen LogP contribution is -2.48. The summed E-state index contributed by atoms with van der Waals surface area (Å²) in [6.45, 7) is 4.77. The number of carbonyl (C=O) groups excluding carboxylic acids is 1. The zero-order chi connectivity index (χ0) is 13.1. The Balaban J connectivity index is 2.16. The molecule has 1 aromatic rings. The summed E-state index contributed by atoms with van der Waals surface area (Å²) in [5.41, 5.74) is 5.77. The van der Waals surface area contributed by atoms with Gasteiger partial charge < -0.3 is 15.1 Å². The average molecular weight is 251 g/mol. The van der Waals surface area contributed by atoms with Gasteiger partial charge in [-0.15, -0.1) is 0 Å².